The molecule has 0 amide bonds. The molecule has 0 aliphatic carbocycles. The highest BCUT2D eigenvalue weighted by Crippen LogP contribution is 2.13. The molecule has 0 aromatic carbocycles. The van der Waals surface area contributed by atoms with Crippen molar-refractivity contribution in [2.24, 2.45) is 0 Å². The fraction of sp³-hybridized carbons (Fsp3) is 0.678. The van der Waals surface area contributed by atoms with Gasteiger partial charge in [-0.2, -0.15) is 0 Å². The minimum absolute atomic E-state index is 0.0870. The highest BCUT2D eigenvalue weighted by molar-refractivity contribution is 5.71. The molecule has 0 spiro atoms. The molecule has 0 aromatic rings. The molecule has 0 rings (SSSR count). The van der Waals surface area contributed by atoms with Gasteiger partial charge in [-0.15, -0.1) is 0 Å². The van der Waals surface area contributed by atoms with Gasteiger partial charge < -0.3 is 14.2 Å². The lowest BCUT2D eigenvalue weighted by Gasteiger charge is -2.18. The summed E-state index contributed by atoms with van der Waals surface area (Å²) in [5, 5.41) is 0. The van der Waals surface area contributed by atoms with Crippen molar-refractivity contribution in [1.29, 1.82) is 0 Å². The number of allylic oxidation sites excluding steroid dienone is 16. The molecule has 65 heavy (non-hydrogen) atoms. The molecule has 6 nitrogen and oxygen atoms in total. The maximum atomic E-state index is 12.7. The average Bonchev–Trinajstić information content (AvgIpc) is 3.30. The van der Waals surface area contributed by atoms with Gasteiger partial charge >= 0.3 is 17.9 Å². The van der Waals surface area contributed by atoms with Crippen molar-refractivity contribution in [3.8, 4) is 0 Å². The first-order valence-electron chi connectivity index (χ1n) is 26.7. The third kappa shape index (κ3) is 51.2. The van der Waals surface area contributed by atoms with Crippen molar-refractivity contribution in [1.82, 2.24) is 0 Å². The predicted molar refractivity (Wildman–Crippen MR) is 279 cm³/mol. The van der Waals surface area contributed by atoms with E-state index in [9.17, 15) is 14.4 Å². The van der Waals surface area contributed by atoms with Crippen molar-refractivity contribution in [2.75, 3.05) is 13.2 Å². The number of carbonyl (C=O) groups excluding carboxylic acids is 3. The van der Waals surface area contributed by atoms with Gasteiger partial charge in [0.2, 0.25) is 0 Å². The van der Waals surface area contributed by atoms with Gasteiger partial charge in [-0.25, -0.2) is 0 Å². The number of carbonyl (C=O) groups is 3. The summed E-state index contributed by atoms with van der Waals surface area (Å²) < 4.78 is 16.7. The SMILES string of the molecule is CC/C=C\C/C=C\C/C=C\C/C=C\C/C=C\C/C=C\C/C=C\CCCCCCCC(=O)OCC(COC(=O)CCCCCCCCC)OC(=O)CCCCCCC/C=C\CCCCCC. The Morgan fingerprint density at radius 2 is 0.600 bits per heavy atom. The summed E-state index contributed by atoms with van der Waals surface area (Å²) in [6, 6.07) is 0. The molecule has 0 heterocycles. The number of hydrogen-bond donors (Lipinski definition) is 0. The van der Waals surface area contributed by atoms with Crippen LogP contribution < -0.4 is 0 Å². The fourth-order valence-corrected chi connectivity index (χ4v) is 7.06. The second kappa shape index (κ2) is 52.9. The second-order valence-electron chi connectivity index (χ2n) is 17.4. The number of esters is 3. The lowest BCUT2D eigenvalue weighted by molar-refractivity contribution is -0.167. The maximum Gasteiger partial charge on any atom is 0.306 e. The van der Waals surface area contributed by atoms with Crippen LogP contribution in [0.15, 0.2) is 97.2 Å². The molecule has 0 aliphatic heterocycles. The van der Waals surface area contributed by atoms with Crippen molar-refractivity contribution in [3.63, 3.8) is 0 Å². The molecule has 370 valence electrons. The number of unbranched alkanes of at least 4 members (excludes halogenated alkanes) is 20. The van der Waals surface area contributed by atoms with E-state index in [1.165, 1.54) is 64.2 Å². The molecule has 6 heteroatoms. The molecule has 0 fully saturated rings. The van der Waals surface area contributed by atoms with E-state index in [0.29, 0.717) is 19.3 Å². The molecule has 1 atom stereocenters. The van der Waals surface area contributed by atoms with Crippen LogP contribution in [0.5, 0.6) is 0 Å². The minimum Gasteiger partial charge on any atom is -0.462 e. The van der Waals surface area contributed by atoms with Gasteiger partial charge in [-0.1, -0.05) is 214 Å². The molecule has 0 aromatic heterocycles. The summed E-state index contributed by atoms with van der Waals surface area (Å²) in [4.78, 5) is 37.8. The van der Waals surface area contributed by atoms with Gasteiger partial charge in [0.05, 0.1) is 0 Å². The quantitative estimate of drug-likeness (QED) is 0.0262. The van der Waals surface area contributed by atoms with Gasteiger partial charge in [0.15, 0.2) is 6.10 Å². The van der Waals surface area contributed by atoms with Crippen LogP contribution >= 0.6 is 0 Å². The summed E-state index contributed by atoms with van der Waals surface area (Å²) in [6.45, 7) is 6.43. The Morgan fingerprint density at radius 1 is 0.323 bits per heavy atom. The lowest BCUT2D eigenvalue weighted by Crippen LogP contribution is -2.30. The van der Waals surface area contributed by atoms with E-state index < -0.39 is 6.10 Å². The second-order valence-corrected chi connectivity index (χ2v) is 17.4. The van der Waals surface area contributed by atoms with E-state index >= 15 is 0 Å². The van der Waals surface area contributed by atoms with Crippen LogP contribution in [0.1, 0.15) is 239 Å². The van der Waals surface area contributed by atoms with Crippen molar-refractivity contribution in [3.05, 3.63) is 97.2 Å². The smallest absolute Gasteiger partial charge is 0.306 e. The predicted octanol–water partition coefficient (Wildman–Crippen LogP) is 17.8. The Kier molecular flexibility index (Phi) is 50.0. The van der Waals surface area contributed by atoms with Gasteiger partial charge in [0.1, 0.15) is 13.2 Å². The third-order valence-corrected chi connectivity index (χ3v) is 11.1. The Balaban J connectivity index is 4.24. The molecule has 0 radical (unpaired) electrons. The summed E-state index contributed by atoms with van der Waals surface area (Å²) in [5.41, 5.74) is 0. The van der Waals surface area contributed by atoms with E-state index in [1.807, 2.05) is 0 Å². The summed E-state index contributed by atoms with van der Waals surface area (Å²) in [5.74, 6) is -0.925. The van der Waals surface area contributed by atoms with Crippen LogP contribution in [-0.4, -0.2) is 37.2 Å². The number of ether oxygens (including phenoxy) is 3. The zero-order valence-electron chi connectivity index (χ0n) is 42.2. The van der Waals surface area contributed by atoms with E-state index in [2.05, 4.69) is 118 Å². The topological polar surface area (TPSA) is 78.9 Å². The third-order valence-electron chi connectivity index (χ3n) is 11.1. The van der Waals surface area contributed by atoms with Crippen LogP contribution in [0, 0.1) is 0 Å². The van der Waals surface area contributed by atoms with Gasteiger partial charge in [-0.05, 0) is 103 Å². The summed E-state index contributed by atoms with van der Waals surface area (Å²) in [7, 11) is 0. The van der Waals surface area contributed by atoms with E-state index in [4.69, 9.17) is 14.2 Å². The Bertz CT molecular complexity index is 1310. The molecule has 0 N–H and O–H groups in total. The summed E-state index contributed by atoms with van der Waals surface area (Å²) in [6.07, 6.45) is 69.8. The highest BCUT2D eigenvalue weighted by Gasteiger charge is 2.19. The summed E-state index contributed by atoms with van der Waals surface area (Å²) >= 11 is 0. The monoisotopic (exact) mass is 903 g/mol. The molecule has 0 bridgehead atoms. The molecule has 1 unspecified atom stereocenters. The first kappa shape index (κ1) is 61.3. The van der Waals surface area contributed by atoms with E-state index in [1.54, 1.807) is 0 Å². The van der Waals surface area contributed by atoms with Crippen LogP contribution in [0.2, 0.25) is 0 Å². The standard InChI is InChI=1S/C59H98O6/c1-4-7-10-13-16-18-20-22-23-24-25-26-27-28-29-30-31-32-33-34-35-37-38-40-43-46-49-52-58(61)64-55-56(54-63-57(60)51-48-45-42-15-12-9-6-3)65-59(62)53-50-47-44-41-39-36-21-19-17-14-11-8-5-2/h7,10,16,18-19,21-23,25-26,28-29,31-32,34-35,56H,4-6,8-9,11-15,17,20,24,27,30,33,36-55H2,1-3H3/b10-7-,18-16-,21-19-,23-22-,26-25-,29-28-,32-31-,35-34-. The lowest BCUT2D eigenvalue weighted by atomic mass is 10.1. The van der Waals surface area contributed by atoms with Crippen molar-refractivity contribution in [2.45, 2.75) is 245 Å². The zero-order valence-corrected chi connectivity index (χ0v) is 42.2. The first-order valence-corrected chi connectivity index (χ1v) is 26.7. The number of rotatable bonds is 47. The Labute approximate surface area is 400 Å². The van der Waals surface area contributed by atoms with Gasteiger partial charge in [-0.3, -0.25) is 14.4 Å². The molecule has 0 saturated carbocycles. The molecule has 0 saturated heterocycles. The normalized spacial score (nSPS) is 12.8. The highest BCUT2D eigenvalue weighted by atomic mass is 16.6. The minimum atomic E-state index is -0.786. The average molecular weight is 903 g/mol. The van der Waals surface area contributed by atoms with Crippen LogP contribution in [0.4, 0.5) is 0 Å². The van der Waals surface area contributed by atoms with Gasteiger partial charge in [0.25, 0.3) is 0 Å². The molecular weight excluding hydrogens is 805 g/mol. The van der Waals surface area contributed by atoms with Crippen LogP contribution in [0.3, 0.4) is 0 Å². The van der Waals surface area contributed by atoms with Crippen molar-refractivity contribution >= 4 is 17.9 Å². The van der Waals surface area contributed by atoms with E-state index in [0.717, 1.165) is 135 Å². The molecule has 0 aliphatic rings. The van der Waals surface area contributed by atoms with Gasteiger partial charge in [0, 0.05) is 19.3 Å². The molecular formula is C59H98O6. The fourth-order valence-electron chi connectivity index (χ4n) is 7.06. The Morgan fingerprint density at radius 3 is 0.969 bits per heavy atom. The van der Waals surface area contributed by atoms with Crippen molar-refractivity contribution < 1.29 is 28.6 Å². The first-order chi connectivity index (χ1) is 32.0. The zero-order chi connectivity index (χ0) is 47.2. The van der Waals surface area contributed by atoms with E-state index in [-0.39, 0.29) is 31.1 Å². The van der Waals surface area contributed by atoms with Crippen LogP contribution in [0.25, 0.3) is 0 Å². The largest absolute Gasteiger partial charge is 0.462 e. The maximum absolute atomic E-state index is 12.7. The Hall–Kier alpha value is -3.67. The van der Waals surface area contributed by atoms with Crippen LogP contribution in [-0.2, 0) is 28.6 Å². The number of hydrogen-bond acceptors (Lipinski definition) is 6.